The summed E-state index contributed by atoms with van der Waals surface area (Å²) in [6.45, 7) is 2.09. The van der Waals surface area contributed by atoms with E-state index < -0.39 is 0 Å². The van der Waals surface area contributed by atoms with Crippen molar-refractivity contribution in [2.75, 3.05) is 6.61 Å². The van der Waals surface area contributed by atoms with Crippen LogP contribution in [-0.4, -0.2) is 34.2 Å². The molecule has 0 radical (unpaired) electrons. The molecule has 1 amide bonds. The summed E-state index contributed by atoms with van der Waals surface area (Å²) in [6, 6.07) is 18.2. The van der Waals surface area contributed by atoms with Crippen molar-refractivity contribution in [1.29, 1.82) is 0 Å². The van der Waals surface area contributed by atoms with Crippen molar-refractivity contribution in [2.45, 2.75) is 13.3 Å². The molecule has 0 atom stereocenters. The minimum atomic E-state index is -0.360. The molecule has 0 unspecified atom stereocenters. The normalized spacial score (nSPS) is 11.2. The van der Waals surface area contributed by atoms with Crippen LogP contribution in [0.5, 0.6) is 0 Å². The van der Waals surface area contributed by atoms with Crippen LogP contribution in [0.4, 0.5) is 0 Å². The molecular weight excluding hydrogens is 408 g/mol. The number of hydrogen-bond donors (Lipinski definition) is 1. The van der Waals surface area contributed by atoms with Crippen molar-refractivity contribution in [2.24, 2.45) is 12.1 Å². The molecule has 2 aromatic heterocycles. The molecule has 162 valence electrons. The molecule has 8 heteroatoms. The number of nitrogens with one attached hydrogen (secondary N) is 1. The van der Waals surface area contributed by atoms with Crippen LogP contribution in [-0.2, 0) is 23.0 Å². The van der Waals surface area contributed by atoms with Gasteiger partial charge >= 0.3 is 5.97 Å². The standard InChI is InChI=1S/C24H22N4O4/c1-3-31-24(30)17-10-8-16(9-11-17)21-13-12-18(32-21)15-25-27-23(29)14-22-26-19-6-4-5-7-20(19)28(22)2/h4-13,15H,3,14H2,1-2H3,(H,27,29)/b25-15-. The highest BCUT2D eigenvalue weighted by Crippen LogP contribution is 2.22. The maximum atomic E-state index is 12.2. The molecule has 0 saturated carbocycles. The van der Waals surface area contributed by atoms with Crippen LogP contribution in [0.3, 0.4) is 0 Å². The third-order valence-corrected chi connectivity index (χ3v) is 4.89. The SMILES string of the molecule is CCOC(=O)c1ccc(-c2ccc(/C=N\NC(=O)Cc3nc4ccccc4n3C)o2)cc1. The molecule has 32 heavy (non-hydrogen) atoms. The Labute approximate surface area is 184 Å². The Morgan fingerprint density at radius 3 is 2.66 bits per heavy atom. The third kappa shape index (κ3) is 4.59. The zero-order valence-corrected chi connectivity index (χ0v) is 17.7. The van der Waals surface area contributed by atoms with Crippen LogP contribution in [0.2, 0.25) is 0 Å². The van der Waals surface area contributed by atoms with Gasteiger partial charge in [-0.05, 0) is 43.3 Å². The second-order valence-corrected chi connectivity index (χ2v) is 7.05. The van der Waals surface area contributed by atoms with Crippen LogP contribution in [0.25, 0.3) is 22.4 Å². The number of rotatable bonds is 7. The summed E-state index contributed by atoms with van der Waals surface area (Å²) in [5.74, 6) is 1.12. The van der Waals surface area contributed by atoms with E-state index in [1.165, 1.54) is 6.21 Å². The largest absolute Gasteiger partial charge is 0.462 e. The first-order valence-corrected chi connectivity index (χ1v) is 10.1. The molecule has 0 saturated heterocycles. The van der Waals surface area contributed by atoms with Crippen molar-refractivity contribution in [3.05, 3.63) is 77.8 Å². The summed E-state index contributed by atoms with van der Waals surface area (Å²) >= 11 is 0. The Kier molecular flexibility index (Phi) is 6.12. The van der Waals surface area contributed by atoms with Gasteiger partial charge in [-0.15, -0.1) is 0 Å². The molecule has 8 nitrogen and oxygen atoms in total. The number of amides is 1. The molecule has 0 bridgehead atoms. The lowest BCUT2D eigenvalue weighted by Crippen LogP contribution is -2.21. The molecule has 4 aromatic rings. The monoisotopic (exact) mass is 430 g/mol. The Hall–Kier alpha value is -4.20. The number of carbonyl (C=O) groups excluding carboxylic acids is 2. The summed E-state index contributed by atoms with van der Waals surface area (Å²) in [4.78, 5) is 28.5. The molecule has 1 N–H and O–H groups in total. The zero-order valence-electron chi connectivity index (χ0n) is 17.7. The van der Waals surface area contributed by atoms with Gasteiger partial charge in [-0.1, -0.05) is 24.3 Å². The van der Waals surface area contributed by atoms with Crippen LogP contribution in [0.15, 0.2) is 70.2 Å². The number of aromatic nitrogens is 2. The van der Waals surface area contributed by atoms with Gasteiger partial charge in [0.15, 0.2) is 0 Å². The number of ether oxygens (including phenoxy) is 1. The number of aryl methyl sites for hydroxylation is 1. The lowest BCUT2D eigenvalue weighted by atomic mass is 10.1. The predicted molar refractivity (Wildman–Crippen MR) is 120 cm³/mol. The molecule has 2 aromatic carbocycles. The van der Waals surface area contributed by atoms with Crippen LogP contribution in [0, 0.1) is 0 Å². The number of benzene rings is 2. The van der Waals surface area contributed by atoms with Gasteiger partial charge in [0.25, 0.3) is 0 Å². The fraction of sp³-hybridized carbons (Fsp3) is 0.167. The molecule has 0 fully saturated rings. The van der Waals surface area contributed by atoms with E-state index in [2.05, 4.69) is 15.5 Å². The topological polar surface area (TPSA) is 98.7 Å². The first kappa shape index (κ1) is 21.0. The van der Waals surface area contributed by atoms with Crippen LogP contribution < -0.4 is 5.43 Å². The second-order valence-electron chi connectivity index (χ2n) is 7.05. The predicted octanol–water partition coefficient (Wildman–Crippen LogP) is 3.70. The Morgan fingerprint density at radius 1 is 1.12 bits per heavy atom. The molecule has 2 heterocycles. The fourth-order valence-electron chi connectivity index (χ4n) is 3.27. The Morgan fingerprint density at radius 2 is 1.91 bits per heavy atom. The van der Waals surface area contributed by atoms with E-state index in [1.54, 1.807) is 43.3 Å². The summed E-state index contributed by atoms with van der Waals surface area (Å²) in [7, 11) is 1.88. The van der Waals surface area contributed by atoms with E-state index in [4.69, 9.17) is 9.15 Å². The van der Waals surface area contributed by atoms with Crippen LogP contribution in [0.1, 0.15) is 28.9 Å². The second kappa shape index (κ2) is 9.30. The van der Waals surface area contributed by atoms with Gasteiger partial charge in [-0.2, -0.15) is 5.10 Å². The van der Waals surface area contributed by atoms with Crippen molar-refractivity contribution < 1.29 is 18.7 Å². The number of esters is 1. The number of hydrazone groups is 1. The average Bonchev–Trinajstić information content (AvgIpc) is 3.39. The lowest BCUT2D eigenvalue weighted by molar-refractivity contribution is -0.120. The molecule has 0 aliphatic rings. The number of hydrogen-bond acceptors (Lipinski definition) is 6. The van der Waals surface area contributed by atoms with Crippen molar-refractivity contribution >= 4 is 29.1 Å². The number of para-hydroxylation sites is 2. The Balaban J connectivity index is 1.36. The number of nitrogens with zero attached hydrogens (tertiary/aromatic N) is 3. The minimum absolute atomic E-state index is 0.110. The van der Waals surface area contributed by atoms with E-state index in [9.17, 15) is 9.59 Å². The van der Waals surface area contributed by atoms with E-state index in [0.717, 1.165) is 16.6 Å². The van der Waals surface area contributed by atoms with Crippen LogP contribution >= 0.6 is 0 Å². The minimum Gasteiger partial charge on any atom is -0.462 e. The fourth-order valence-corrected chi connectivity index (χ4v) is 3.27. The highest BCUT2D eigenvalue weighted by atomic mass is 16.5. The van der Waals surface area contributed by atoms with Gasteiger partial charge in [0.1, 0.15) is 17.3 Å². The summed E-state index contributed by atoms with van der Waals surface area (Å²) in [5.41, 5.74) is 5.60. The first-order chi connectivity index (χ1) is 15.5. The first-order valence-electron chi connectivity index (χ1n) is 10.1. The van der Waals surface area contributed by atoms with Crippen molar-refractivity contribution in [3.8, 4) is 11.3 Å². The molecule has 0 spiro atoms. The van der Waals surface area contributed by atoms with Crippen molar-refractivity contribution in [3.63, 3.8) is 0 Å². The maximum Gasteiger partial charge on any atom is 0.338 e. The van der Waals surface area contributed by atoms with Gasteiger partial charge in [-0.25, -0.2) is 15.2 Å². The van der Waals surface area contributed by atoms with Gasteiger partial charge in [0, 0.05) is 12.6 Å². The van der Waals surface area contributed by atoms with E-state index in [0.29, 0.717) is 29.5 Å². The van der Waals surface area contributed by atoms with Gasteiger partial charge in [0.2, 0.25) is 5.91 Å². The molecule has 4 rings (SSSR count). The van der Waals surface area contributed by atoms with Gasteiger partial charge in [-0.3, -0.25) is 4.79 Å². The third-order valence-electron chi connectivity index (χ3n) is 4.89. The number of carbonyl (C=O) groups is 2. The lowest BCUT2D eigenvalue weighted by Gasteiger charge is -2.02. The number of fused-ring (bicyclic) bond motifs is 1. The molecule has 0 aliphatic heterocycles. The van der Waals surface area contributed by atoms with E-state index in [1.807, 2.05) is 35.9 Å². The maximum absolute atomic E-state index is 12.2. The summed E-state index contributed by atoms with van der Waals surface area (Å²) in [6.07, 6.45) is 1.54. The van der Waals surface area contributed by atoms with Gasteiger partial charge in [0.05, 0.1) is 35.8 Å². The molecular formula is C24H22N4O4. The quantitative estimate of drug-likeness (QED) is 0.274. The van der Waals surface area contributed by atoms with Crippen molar-refractivity contribution in [1.82, 2.24) is 15.0 Å². The molecule has 0 aliphatic carbocycles. The average molecular weight is 430 g/mol. The van der Waals surface area contributed by atoms with E-state index in [-0.39, 0.29) is 18.3 Å². The highest BCUT2D eigenvalue weighted by molar-refractivity contribution is 5.90. The highest BCUT2D eigenvalue weighted by Gasteiger charge is 2.11. The smallest absolute Gasteiger partial charge is 0.338 e. The van der Waals surface area contributed by atoms with E-state index >= 15 is 0 Å². The number of furan rings is 1. The zero-order chi connectivity index (χ0) is 22.5. The van der Waals surface area contributed by atoms with Gasteiger partial charge < -0.3 is 13.7 Å². The summed E-state index contributed by atoms with van der Waals surface area (Å²) < 4.78 is 12.6. The Bertz CT molecular complexity index is 1290. The number of imidazole rings is 1. The summed E-state index contributed by atoms with van der Waals surface area (Å²) in [5, 5.41) is 3.97.